The molecule has 0 saturated heterocycles. The first kappa shape index (κ1) is 14.2. The SMILES string of the molecule is C=C(C)C(CCCC)C(=O)OC(C)(C)C. The smallest absolute Gasteiger partial charge is 0.313 e. The number of ether oxygens (including phenoxy) is 1. The van der Waals surface area contributed by atoms with E-state index in [1.807, 2.05) is 27.7 Å². The van der Waals surface area contributed by atoms with E-state index in [2.05, 4.69) is 13.5 Å². The van der Waals surface area contributed by atoms with Crippen LogP contribution in [-0.2, 0) is 9.53 Å². The monoisotopic (exact) mass is 212 g/mol. The average Bonchev–Trinajstić information content (AvgIpc) is 2.00. The van der Waals surface area contributed by atoms with E-state index in [9.17, 15) is 4.79 Å². The van der Waals surface area contributed by atoms with E-state index in [1.54, 1.807) is 0 Å². The molecule has 0 fully saturated rings. The predicted molar refractivity (Wildman–Crippen MR) is 63.7 cm³/mol. The van der Waals surface area contributed by atoms with Crippen molar-refractivity contribution in [2.45, 2.75) is 59.5 Å². The van der Waals surface area contributed by atoms with Crippen LogP contribution in [0.25, 0.3) is 0 Å². The molecule has 15 heavy (non-hydrogen) atoms. The topological polar surface area (TPSA) is 26.3 Å². The maximum atomic E-state index is 11.8. The summed E-state index contributed by atoms with van der Waals surface area (Å²) >= 11 is 0. The lowest BCUT2D eigenvalue weighted by molar-refractivity contribution is -0.158. The molecule has 0 N–H and O–H groups in total. The lowest BCUT2D eigenvalue weighted by Gasteiger charge is -2.24. The molecule has 0 heterocycles. The molecule has 1 atom stereocenters. The van der Waals surface area contributed by atoms with Gasteiger partial charge in [0.15, 0.2) is 0 Å². The highest BCUT2D eigenvalue weighted by molar-refractivity contribution is 5.75. The number of hydrogen-bond donors (Lipinski definition) is 0. The fourth-order valence-corrected chi connectivity index (χ4v) is 1.35. The zero-order valence-electron chi connectivity index (χ0n) is 10.7. The fourth-order valence-electron chi connectivity index (χ4n) is 1.35. The van der Waals surface area contributed by atoms with Crippen molar-refractivity contribution in [2.75, 3.05) is 0 Å². The number of unbranched alkanes of at least 4 members (excludes halogenated alkanes) is 1. The number of carbonyl (C=O) groups excluding carboxylic acids is 1. The molecule has 2 heteroatoms. The van der Waals surface area contributed by atoms with E-state index in [0.717, 1.165) is 24.8 Å². The minimum absolute atomic E-state index is 0.135. The normalized spacial score (nSPS) is 13.4. The van der Waals surface area contributed by atoms with Crippen molar-refractivity contribution in [1.82, 2.24) is 0 Å². The molecular weight excluding hydrogens is 188 g/mol. The minimum Gasteiger partial charge on any atom is -0.460 e. The second kappa shape index (κ2) is 5.94. The van der Waals surface area contributed by atoms with Crippen LogP contribution in [0, 0.1) is 5.92 Å². The summed E-state index contributed by atoms with van der Waals surface area (Å²) in [7, 11) is 0. The van der Waals surface area contributed by atoms with Gasteiger partial charge in [-0.2, -0.15) is 0 Å². The van der Waals surface area contributed by atoms with Crippen LogP contribution in [0.3, 0.4) is 0 Å². The van der Waals surface area contributed by atoms with Crippen LogP contribution >= 0.6 is 0 Å². The molecule has 2 nitrogen and oxygen atoms in total. The largest absolute Gasteiger partial charge is 0.460 e. The Morgan fingerprint density at radius 1 is 1.40 bits per heavy atom. The highest BCUT2D eigenvalue weighted by Crippen LogP contribution is 2.21. The van der Waals surface area contributed by atoms with Gasteiger partial charge >= 0.3 is 5.97 Å². The standard InChI is InChI=1S/C13H24O2/c1-7-8-9-11(10(2)3)12(14)15-13(4,5)6/h11H,2,7-9H2,1,3-6H3. The Labute approximate surface area is 93.7 Å². The molecule has 0 rings (SSSR count). The highest BCUT2D eigenvalue weighted by Gasteiger charge is 2.24. The summed E-state index contributed by atoms with van der Waals surface area (Å²) in [6.07, 6.45) is 2.98. The fraction of sp³-hybridized carbons (Fsp3) is 0.769. The third-order valence-electron chi connectivity index (χ3n) is 2.13. The number of esters is 1. The van der Waals surface area contributed by atoms with Gasteiger partial charge in [-0.05, 0) is 34.1 Å². The van der Waals surface area contributed by atoms with Crippen LogP contribution in [0.1, 0.15) is 53.9 Å². The van der Waals surface area contributed by atoms with E-state index in [-0.39, 0.29) is 11.9 Å². The van der Waals surface area contributed by atoms with Gasteiger partial charge in [-0.25, -0.2) is 0 Å². The third-order valence-corrected chi connectivity index (χ3v) is 2.13. The van der Waals surface area contributed by atoms with Crippen LogP contribution in [0.2, 0.25) is 0 Å². The summed E-state index contributed by atoms with van der Waals surface area (Å²) in [6, 6.07) is 0. The van der Waals surface area contributed by atoms with E-state index >= 15 is 0 Å². The molecule has 0 aliphatic rings. The maximum absolute atomic E-state index is 11.8. The number of rotatable bonds is 5. The zero-order valence-corrected chi connectivity index (χ0v) is 10.7. The molecule has 1 unspecified atom stereocenters. The van der Waals surface area contributed by atoms with Gasteiger partial charge in [0.05, 0.1) is 5.92 Å². The van der Waals surface area contributed by atoms with Crippen molar-refractivity contribution < 1.29 is 9.53 Å². The van der Waals surface area contributed by atoms with Crippen molar-refractivity contribution >= 4 is 5.97 Å². The van der Waals surface area contributed by atoms with E-state index in [1.165, 1.54) is 0 Å². The van der Waals surface area contributed by atoms with Gasteiger partial charge in [0.25, 0.3) is 0 Å². The van der Waals surface area contributed by atoms with Crippen molar-refractivity contribution in [1.29, 1.82) is 0 Å². The third kappa shape index (κ3) is 6.32. The van der Waals surface area contributed by atoms with E-state index in [4.69, 9.17) is 4.74 Å². The van der Waals surface area contributed by atoms with Gasteiger partial charge in [-0.3, -0.25) is 4.79 Å². The minimum atomic E-state index is -0.406. The van der Waals surface area contributed by atoms with Crippen LogP contribution in [0.15, 0.2) is 12.2 Å². The van der Waals surface area contributed by atoms with E-state index < -0.39 is 5.60 Å². The lowest BCUT2D eigenvalue weighted by atomic mass is 9.95. The molecule has 0 saturated carbocycles. The van der Waals surface area contributed by atoms with Gasteiger partial charge in [0.2, 0.25) is 0 Å². The first-order valence-corrected chi connectivity index (χ1v) is 5.66. The van der Waals surface area contributed by atoms with Crippen LogP contribution in [-0.4, -0.2) is 11.6 Å². The van der Waals surface area contributed by atoms with Gasteiger partial charge in [0.1, 0.15) is 5.60 Å². The maximum Gasteiger partial charge on any atom is 0.313 e. The molecule has 0 spiro atoms. The van der Waals surface area contributed by atoms with Crippen molar-refractivity contribution in [3.8, 4) is 0 Å². The van der Waals surface area contributed by atoms with Crippen LogP contribution < -0.4 is 0 Å². The summed E-state index contributed by atoms with van der Waals surface area (Å²) in [4.78, 5) is 11.8. The zero-order chi connectivity index (χ0) is 12.1. The molecule has 0 aliphatic carbocycles. The second-order valence-corrected chi connectivity index (χ2v) is 5.07. The Balaban J connectivity index is 4.36. The summed E-state index contributed by atoms with van der Waals surface area (Å²) in [5.41, 5.74) is 0.495. The quantitative estimate of drug-likeness (QED) is 0.513. The predicted octanol–water partition coefficient (Wildman–Crippen LogP) is 3.71. The Morgan fingerprint density at radius 2 is 1.93 bits per heavy atom. The molecule has 0 aromatic rings. The lowest BCUT2D eigenvalue weighted by Crippen LogP contribution is -2.29. The van der Waals surface area contributed by atoms with Crippen molar-refractivity contribution in [3.63, 3.8) is 0 Å². The Bertz CT molecular complexity index is 223. The summed E-state index contributed by atoms with van der Waals surface area (Å²) < 4.78 is 5.36. The van der Waals surface area contributed by atoms with Crippen LogP contribution in [0.5, 0.6) is 0 Å². The van der Waals surface area contributed by atoms with Crippen molar-refractivity contribution in [2.24, 2.45) is 5.92 Å². The highest BCUT2D eigenvalue weighted by atomic mass is 16.6. The average molecular weight is 212 g/mol. The Morgan fingerprint density at radius 3 is 2.27 bits per heavy atom. The van der Waals surface area contributed by atoms with Crippen LogP contribution in [0.4, 0.5) is 0 Å². The molecule has 0 amide bonds. The molecule has 0 aliphatic heterocycles. The summed E-state index contributed by atoms with van der Waals surface area (Å²) in [5.74, 6) is -0.271. The molecule has 0 radical (unpaired) electrons. The Kier molecular flexibility index (Phi) is 5.63. The van der Waals surface area contributed by atoms with Gasteiger partial charge < -0.3 is 4.74 Å². The molecule has 0 aromatic carbocycles. The molecular formula is C13H24O2. The summed E-state index contributed by atoms with van der Waals surface area (Å²) in [6.45, 7) is 13.5. The number of carbonyl (C=O) groups is 1. The molecule has 88 valence electrons. The molecule has 0 bridgehead atoms. The Hall–Kier alpha value is -0.790. The first-order chi connectivity index (χ1) is 6.78. The van der Waals surface area contributed by atoms with E-state index in [0.29, 0.717) is 0 Å². The number of hydrogen-bond acceptors (Lipinski definition) is 2. The summed E-state index contributed by atoms with van der Waals surface area (Å²) in [5, 5.41) is 0. The van der Waals surface area contributed by atoms with Crippen molar-refractivity contribution in [3.05, 3.63) is 12.2 Å². The van der Waals surface area contributed by atoms with Gasteiger partial charge in [-0.15, -0.1) is 0 Å². The first-order valence-electron chi connectivity index (χ1n) is 5.66. The van der Waals surface area contributed by atoms with Gasteiger partial charge in [0, 0.05) is 0 Å². The molecule has 0 aromatic heterocycles. The second-order valence-electron chi connectivity index (χ2n) is 5.07. The van der Waals surface area contributed by atoms with Gasteiger partial charge in [-0.1, -0.05) is 31.9 Å².